The van der Waals surface area contributed by atoms with Crippen molar-refractivity contribution in [1.29, 1.82) is 5.26 Å². The van der Waals surface area contributed by atoms with Gasteiger partial charge < -0.3 is 15.8 Å². The molecule has 0 spiro atoms. The fraction of sp³-hybridized carbons (Fsp3) is 0.0667. The smallest absolute Gasteiger partial charge is 0.255 e. The average molecular weight is 346 g/mol. The van der Waals surface area contributed by atoms with E-state index in [0.717, 1.165) is 4.47 Å². The molecule has 0 bridgehead atoms. The number of nitrogens with zero attached hydrogens (tertiary/aromatic N) is 1. The quantitative estimate of drug-likeness (QED) is 0.836. The SMILES string of the molecule is COc1cc(C#N)ccc1NC(=O)c1cc(N)cc(Br)c1. The van der Waals surface area contributed by atoms with Crippen LogP contribution in [0, 0.1) is 11.3 Å². The molecule has 0 atom stereocenters. The first-order chi connectivity index (χ1) is 10.0. The monoisotopic (exact) mass is 345 g/mol. The molecule has 0 aromatic heterocycles. The van der Waals surface area contributed by atoms with Crippen LogP contribution >= 0.6 is 15.9 Å². The molecular formula is C15H12BrN3O2. The summed E-state index contributed by atoms with van der Waals surface area (Å²) in [6.07, 6.45) is 0. The van der Waals surface area contributed by atoms with Crippen LogP contribution in [0.4, 0.5) is 11.4 Å². The number of nitrogens with two attached hydrogens (primary N) is 1. The third-order valence-corrected chi connectivity index (χ3v) is 3.22. The normalized spacial score (nSPS) is 9.76. The summed E-state index contributed by atoms with van der Waals surface area (Å²) in [4.78, 5) is 12.2. The second-order valence-corrected chi connectivity index (χ2v) is 5.17. The number of benzene rings is 2. The van der Waals surface area contributed by atoms with E-state index in [9.17, 15) is 4.79 Å². The summed E-state index contributed by atoms with van der Waals surface area (Å²) in [5.74, 6) is 0.108. The molecule has 0 radical (unpaired) electrons. The van der Waals surface area contributed by atoms with Crippen molar-refractivity contribution in [2.45, 2.75) is 0 Å². The fourth-order valence-corrected chi connectivity index (χ4v) is 2.31. The predicted octanol–water partition coefficient (Wildman–Crippen LogP) is 3.16. The molecular weight excluding hydrogens is 334 g/mol. The maximum absolute atomic E-state index is 12.2. The van der Waals surface area contributed by atoms with Gasteiger partial charge in [0, 0.05) is 21.8 Å². The highest BCUT2D eigenvalue weighted by atomic mass is 79.9. The van der Waals surface area contributed by atoms with Crippen molar-refractivity contribution in [2.24, 2.45) is 0 Å². The number of anilines is 2. The largest absolute Gasteiger partial charge is 0.495 e. The molecule has 0 aliphatic rings. The Bertz CT molecular complexity index is 718. The number of nitriles is 1. The van der Waals surface area contributed by atoms with Crippen LogP contribution in [0.3, 0.4) is 0 Å². The first-order valence-corrected chi connectivity index (χ1v) is 6.78. The Morgan fingerprint density at radius 2 is 2.10 bits per heavy atom. The predicted molar refractivity (Wildman–Crippen MR) is 84.2 cm³/mol. The zero-order valence-corrected chi connectivity index (χ0v) is 12.8. The maximum atomic E-state index is 12.2. The van der Waals surface area contributed by atoms with Gasteiger partial charge in [-0.05, 0) is 30.3 Å². The van der Waals surface area contributed by atoms with E-state index in [2.05, 4.69) is 21.2 Å². The highest BCUT2D eigenvalue weighted by Gasteiger charge is 2.11. The molecule has 0 saturated carbocycles. The van der Waals surface area contributed by atoms with Gasteiger partial charge in [0.15, 0.2) is 0 Å². The molecule has 2 aromatic carbocycles. The molecule has 0 unspecified atom stereocenters. The molecule has 21 heavy (non-hydrogen) atoms. The van der Waals surface area contributed by atoms with Crippen LogP contribution in [-0.2, 0) is 0 Å². The minimum absolute atomic E-state index is 0.314. The van der Waals surface area contributed by atoms with E-state index in [4.69, 9.17) is 15.7 Å². The first kappa shape index (κ1) is 14.9. The van der Waals surface area contributed by atoms with Crippen LogP contribution in [0.1, 0.15) is 15.9 Å². The lowest BCUT2D eigenvalue weighted by Gasteiger charge is -2.11. The van der Waals surface area contributed by atoms with E-state index in [1.54, 1.807) is 36.4 Å². The summed E-state index contributed by atoms with van der Waals surface area (Å²) in [5, 5.41) is 11.6. The molecule has 0 saturated heterocycles. The van der Waals surface area contributed by atoms with Crippen LogP contribution in [0.15, 0.2) is 40.9 Å². The number of nitrogen functional groups attached to an aromatic ring is 1. The highest BCUT2D eigenvalue weighted by Crippen LogP contribution is 2.26. The van der Waals surface area contributed by atoms with Crippen molar-refractivity contribution >= 4 is 33.2 Å². The number of hydrogen-bond acceptors (Lipinski definition) is 4. The van der Waals surface area contributed by atoms with Gasteiger partial charge >= 0.3 is 0 Å². The number of nitrogens with one attached hydrogen (secondary N) is 1. The number of carbonyl (C=O) groups excluding carboxylic acids is 1. The molecule has 1 amide bonds. The topological polar surface area (TPSA) is 88.1 Å². The molecule has 0 aliphatic carbocycles. The summed E-state index contributed by atoms with van der Waals surface area (Å²) in [7, 11) is 1.48. The molecule has 106 valence electrons. The molecule has 6 heteroatoms. The van der Waals surface area contributed by atoms with E-state index in [0.29, 0.717) is 28.3 Å². The van der Waals surface area contributed by atoms with Crippen LogP contribution in [0.2, 0.25) is 0 Å². The van der Waals surface area contributed by atoms with Gasteiger partial charge in [-0.15, -0.1) is 0 Å². The molecule has 3 N–H and O–H groups in total. The Morgan fingerprint density at radius 3 is 2.71 bits per heavy atom. The van der Waals surface area contributed by atoms with Crippen molar-refractivity contribution < 1.29 is 9.53 Å². The van der Waals surface area contributed by atoms with Gasteiger partial charge in [-0.1, -0.05) is 15.9 Å². The van der Waals surface area contributed by atoms with Gasteiger partial charge in [0.1, 0.15) is 5.75 Å². The van der Waals surface area contributed by atoms with Crippen LogP contribution in [0.25, 0.3) is 0 Å². The number of amides is 1. The van der Waals surface area contributed by atoms with Crippen molar-refractivity contribution in [3.05, 3.63) is 52.0 Å². The lowest BCUT2D eigenvalue weighted by atomic mass is 10.1. The van der Waals surface area contributed by atoms with E-state index in [1.807, 2.05) is 6.07 Å². The zero-order valence-electron chi connectivity index (χ0n) is 11.2. The van der Waals surface area contributed by atoms with Crippen LogP contribution in [0.5, 0.6) is 5.75 Å². The summed E-state index contributed by atoms with van der Waals surface area (Å²) in [5.41, 5.74) is 7.57. The van der Waals surface area contributed by atoms with Crippen molar-refractivity contribution in [3.8, 4) is 11.8 Å². The van der Waals surface area contributed by atoms with Gasteiger partial charge in [-0.3, -0.25) is 4.79 Å². The Labute approximate surface area is 130 Å². The summed E-state index contributed by atoms with van der Waals surface area (Å²) >= 11 is 3.29. The maximum Gasteiger partial charge on any atom is 0.255 e. The molecule has 0 aliphatic heterocycles. The third kappa shape index (κ3) is 3.52. The summed E-state index contributed by atoms with van der Waals surface area (Å²) < 4.78 is 5.89. The molecule has 2 rings (SSSR count). The van der Waals surface area contributed by atoms with Gasteiger partial charge in [0.2, 0.25) is 0 Å². The van der Waals surface area contributed by atoms with Crippen molar-refractivity contribution in [2.75, 3.05) is 18.2 Å². The van der Waals surface area contributed by atoms with Crippen molar-refractivity contribution in [3.63, 3.8) is 0 Å². The Kier molecular flexibility index (Phi) is 4.45. The number of ether oxygens (including phenoxy) is 1. The van der Waals surface area contributed by atoms with E-state index in [-0.39, 0.29) is 5.91 Å². The Morgan fingerprint density at radius 1 is 1.33 bits per heavy atom. The summed E-state index contributed by atoms with van der Waals surface area (Å²) in [6.45, 7) is 0. The fourth-order valence-electron chi connectivity index (χ4n) is 1.80. The van der Waals surface area contributed by atoms with E-state index < -0.39 is 0 Å². The van der Waals surface area contributed by atoms with E-state index in [1.165, 1.54) is 7.11 Å². The molecule has 2 aromatic rings. The second kappa shape index (κ2) is 6.29. The van der Waals surface area contributed by atoms with E-state index >= 15 is 0 Å². The number of hydrogen-bond donors (Lipinski definition) is 2. The number of methoxy groups -OCH3 is 1. The van der Waals surface area contributed by atoms with Gasteiger partial charge in [0.05, 0.1) is 24.4 Å². The lowest BCUT2D eigenvalue weighted by molar-refractivity contribution is 0.102. The molecule has 0 fully saturated rings. The minimum atomic E-state index is -0.314. The standard InChI is InChI=1S/C15H12BrN3O2/c1-21-14-4-9(8-17)2-3-13(14)19-15(20)10-5-11(16)7-12(18)6-10/h2-7H,18H2,1H3,(H,19,20). The number of halogens is 1. The van der Waals surface area contributed by atoms with Gasteiger partial charge in [-0.25, -0.2) is 0 Å². The van der Waals surface area contributed by atoms with Gasteiger partial charge in [-0.2, -0.15) is 5.26 Å². The van der Waals surface area contributed by atoms with Crippen LogP contribution in [-0.4, -0.2) is 13.0 Å². The minimum Gasteiger partial charge on any atom is -0.495 e. The zero-order chi connectivity index (χ0) is 15.4. The van der Waals surface area contributed by atoms with Crippen molar-refractivity contribution in [1.82, 2.24) is 0 Å². The molecule has 0 heterocycles. The summed E-state index contributed by atoms with van der Waals surface area (Å²) in [6, 6.07) is 11.8. The van der Waals surface area contributed by atoms with Gasteiger partial charge in [0.25, 0.3) is 5.91 Å². The highest BCUT2D eigenvalue weighted by molar-refractivity contribution is 9.10. The third-order valence-electron chi connectivity index (χ3n) is 2.76. The first-order valence-electron chi connectivity index (χ1n) is 5.99. The number of carbonyl (C=O) groups is 1. The Hall–Kier alpha value is -2.52. The lowest BCUT2D eigenvalue weighted by Crippen LogP contribution is -2.13. The second-order valence-electron chi connectivity index (χ2n) is 4.25. The van der Waals surface area contributed by atoms with Crippen LogP contribution < -0.4 is 15.8 Å². The average Bonchev–Trinajstić information content (AvgIpc) is 2.46. The number of rotatable bonds is 3. The Balaban J connectivity index is 2.29. The molecule has 5 nitrogen and oxygen atoms in total.